The van der Waals surface area contributed by atoms with Crippen LogP contribution in [0.4, 0.5) is 4.39 Å². The Morgan fingerprint density at radius 2 is 1.26 bits per heavy atom. The SMILES string of the molecule is C=CC(=O)OCCCCCCOc1ccc(OC(=O)c2ccc(-c3ccc(-c4ccc(OC(=O)C(=C)F)cc4C)cc3)cc2)cc1. The van der Waals surface area contributed by atoms with Crippen molar-refractivity contribution < 1.29 is 37.7 Å². The van der Waals surface area contributed by atoms with E-state index in [0.717, 1.165) is 59.6 Å². The van der Waals surface area contributed by atoms with E-state index in [1.54, 1.807) is 48.5 Å². The Labute approximate surface area is 267 Å². The maximum atomic E-state index is 13.0. The summed E-state index contributed by atoms with van der Waals surface area (Å²) < 4.78 is 34.2. The number of ether oxygens (including phenoxy) is 4. The van der Waals surface area contributed by atoms with E-state index in [2.05, 4.69) is 13.2 Å². The third-order valence-corrected chi connectivity index (χ3v) is 7.03. The molecule has 0 aromatic heterocycles. The number of halogens is 1. The van der Waals surface area contributed by atoms with Gasteiger partial charge in [-0.05, 0) is 109 Å². The number of carbonyl (C=O) groups is 3. The molecule has 4 rings (SSSR count). The van der Waals surface area contributed by atoms with Gasteiger partial charge in [0, 0.05) is 6.08 Å². The molecule has 0 fully saturated rings. The number of unbranched alkanes of at least 4 members (excludes halogenated alkanes) is 3. The smallest absolute Gasteiger partial charge is 0.371 e. The van der Waals surface area contributed by atoms with Gasteiger partial charge in [0.15, 0.2) is 0 Å². The number of rotatable bonds is 15. The normalized spacial score (nSPS) is 10.5. The van der Waals surface area contributed by atoms with Crippen LogP contribution in [-0.4, -0.2) is 31.1 Å². The molecule has 46 heavy (non-hydrogen) atoms. The third-order valence-electron chi connectivity index (χ3n) is 7.03. The Kier molecular flexibility index (Phi) is 12.0. The lowest BCUT2D eigenvalue weighted by molar-refractivity contribution is -0.137. The first-order valence-electron chi connectivity index (χ1n) is 14.9. The number of benzene rings is 4. The fourth-order valence-electron chi connectivity index (χ4n) is 4.58. The zero-order chi connectivity index (χ0) is 32.9. The first-order chi connectivity index (χ1) is 22.2. The lowest BCUT2D eigenvalue weighted by Crippen LogP contribution is -2.08. The number of esters is 3. The molecule has 0 N–H and O–H groups in total. The van der Waals surface area contributed by atoms with Gasteiger partial charge in [0.1, 0.15) is 17.2 Å². The highest BCUT2D eigenvalue weighted by Gasteiger charge is 2.12. The topological polar surface area (TPSA) is 88.1 Å². The second-order valence-corrected chi connectivity index (χ2v) is 10.4. The molecule has 236 valence electrons. The van der Waals surface area contributed by atoms with E-state index >= 15 is 0 Å². The summed E-state index contributed by atoms with van der Waals surface area (Å²) >= 11 is 0. The van der Waals surface area contributed by atoms with Gasteiger partial charge in [0.2, 0.25) is 5.83 Å². The van der Waals surface area contributed by atoms with Gasteiger partial charge in [-0.2, -0.15) is 4.39 Å². The monoisotopic (exact) mass is 622 g/mol. The zero-order valence-electron chi connectivity index (χ0n) is 25.6. The van der Waals surface area contributed by atoms with Crippen molar-refractivity contribution in [2.45, 2.75) is 32.6 Å². The minimum absolute atomic E-state index is 0.243. The summed E-state index contributed by atoms with van der Waals surface area (Å²) in [5.74, 6) is -1.78. The van der Waals surface area contributed by atoms with Crippen LogP contribution < -0.4 is 14.2 Å². The average molecular weight is 623 g/mol. The minimum atomic E-state index is -1.15. The summed E-state index contributed by atoms with van der Waals surface area (Å²) in [6.45, 7) is 9.15. The molecular weight excluding hydrogens is 587 g/mol. The van der Waals surface area contributed by atoms with Crippen molar-refractivity contribution >= 4 is 17.9 Å². The first-order valence-corrected chi connectivity index (χ1v) is 14.9. The molecular formula is C38H35FO7. The Bertz CT molecular complexity index is 1670. The van der Waals surface area contributed by atoms with Crippen LogP contribution in [0.1, 0.15) is 41.6 Å². The van der Waals surface area contributed by atoms with E-state index < -0.39 is 23.7 Å². The zero-order valence-corrected chi connectivity index (χ0v) is 25.6. The van der Waals surface area contributed by atoms with Crippen molar-refractivity contribution in [3.8, 4) is 39.5 Å². The van der Waals surface area contributed by atoms with Crippen LogP contribution in [0.3, 0.4) is 0 Å². The summed E-state index contributed by atoms with van der Waals surface area (Å²) in [5, 5.41) is 0. The van der Waals surface area contributed by atoms with Gasteiger partial charge in [-0.25, -0.2) is 14.4 Å². The van der Waals surface area contributed by atoms with Crippen molar-refractivity contribution in [1.82, 2.24) is 0 Å². The Hall–Kier alpha value is -5.50. The Morgan fingerprint density at radius 3 is 1.87 bits per heavy atom. The van der Waals surface area contributed by atoms with Crippen molar-refractivity contribution in [2.75, 3.05) is 13.2 Å². The van der Waals surface area contributed by atoms with E-state index in [9.17, 15) is 18.8 Å². The molecule has 0 bridgehead atoms. The maximum Gasteiger partial charge on any atom is 0.371 e. The summed E-state index contributed by atoms with van der Waals surface area (Å²) in [7, 11) is 0. The van der Waals surface area contributed by atoms with Crippen molar-refractivity contribution in [2.24, 2.45) is 0 Å². The third kappa shape index (κ3) is 9.75. The standard InChI is InChI=1S/C38H35FO7/c1-4-36(40)44-24-8-6-5-7-23-43-32-17-19-33(20-18-32)45-38(42)31-15-11-29(12-16-31)28-9-13-30(14-10-28)35-22-21-34(25-26(35)2)46-37(41)27(3)39/h4,9-22,25H,1,3,5-8,23-24H2,2H3. The van der Waals surface area contributed by atoms with Crippen LogP contribution >= 0.6 is 0 Å². The lowest BCUT2D eigenvalue weighted by Gasteiger charge is -2.10. The van der Waals surface area contributed by atoms with Gasteiger partial charge in [-0.1, -0.05) is 55.6 Å². The molecule has 0 atom stereocenters. The van der Waals surface area contributed by atoms with Gasteiger partial charge in [-0.15, -0.1) is 0 Å². The second kappa shape index (κ2) is 16.5. The highest BCUT2D eigenvalue weighted by molar-refractivity contribution is 5.91. The highest BCUT2D eigenvalue weighted by atomic mass is 19.1. The molecule has 4 aromatic rings. The molecule has 8 heteroatoms. The molecule has 0 aliphatic rings. The van der Waals surface area contributed by atoms with Crippen molar-refractivity contribution in [3.63, 3.8) is 0 Å². The molecule has 0 aliphatic heterocycles. The molecule has 0 aliphatic carbocycles. The second-order valence-electron chi connectivity index (χ2n) is 10.4. The van der Waals surface area contributed by atoms with E-state index in [1.807, 2.05) is 49.4 Å². The van der Waals surface area contributed by atoms with Crippen molar-refractivity contribution in [3.05, 3.63) is 127 Å². The quantitative estimate of drug-likeness (QED) is 0.0568. The molecule has 0 saturated heterocycles. The van der Waals surface area contributed by atoms with Crippen LogP contribution in [0, 0.1) is 6.92 Å². The predicted molar refractivity (Wildman–Crippen MR) is 174 cm³/mol. The molecule has 0 amide bonds. The first kappa shape index (κ1) is 33.4. The van der Waals surface area contributed by atoms with Crippen molar-refractivity contribution in [1.29, 1.82) is 0 Å². The van der Waals surface area contributed by atoms with E-state index in [1.165, 1.54) is 0 Å². The summed E-state index contributed by atoms with van der Waals surface area (Å²) in [6, 6.07) is 27.1. The highest BCUT2D eigenvalue weighted by Crippen LogP contribution is 2.30. The Balaban J connectivity index is 1.24. The fourth-order valence-corrected chi connectivity index (χ4v) is 4.58. The molecule has 4 aromatic carbocycles. The predicted octanol–water partition coefficient (Wildman–Crippen LogP) is 8.61. The van der Waals surface area contributed by atoms with Crippen LogP contribution in [0.2, 0.25) is 0 Å². The summed E-state index contributed by atoms with van der Waals surface area (Å²) in [4.78, 5) is 35.2. The van der Waals surface area contributed by atoms with E-state index in [4.69, 9.17) is 18.9 Å². The summed E-state index contributed by atoms with van der Waals surface area (Å²) in [6.07, 6.45) is 4.74. The summed E-state index contributed by atoms with van der Waals surface area (Å²) in [5.41, 5.74) is 5.10. The largest absolute Gasteiger partial charge is 0.494 e. The van der Waals surface area contributed by atoms with Crippen LogP contribution in [-0.2, 0) is 14.3 Å². The minimum Gasteiger partial charge on any atom is -0.494 e. The maximum absolute atomic E-state index is 13.0. The van der Waals surface area contributed by atoms with Gasteiger partial charge in [0.25, 0.3) is 0 Å². The molecule has 7 nitrogen and oxygen atoms in total. The van der Waals surface area contributed by atoms with Gasteiger partial charge >= 0.3 is 17.9 Å². The van der Waals surface area contributed by atoms with E-state index in [-0.39, 0.29) is 5.75 Å². The van der Waals surface area contributed by atoms with Gasteiger partial charge in [-0.3, -0.25) is 0 Å². The average Bonchev–Trinajstić information content (AvgIpc) is 3.06. The number of carbonyl (C=O) groups excluding carboxylic acids is 3. The molecule has 0 radical (unpaired) electrons. The number of hydrogen-bond donors (Lipinski definition) is 0. The van der Waals surface area contributed by atoms with Crippen LogP contribution in [0.15, 0.2) is 116 Å². The fraction of sp³-hybridized carbons (Fsp3) is 0.184. The van der Waals surface area contributed by atoms with Crippen LogP contribution in [0.5, 0.6) is 17.2 Å². The van der Waals surface area contributed by atoms with E-state index in [0.29, 0.717) is 30.3 Å². The molecule has 0 saturated carbocycles. The number of hydrogen-bond acceptors (Lipinski definition) is 7. The van der Waals surface area contributed by atoms with Gasteiger partial charge in [0.05, 0.1) is 18.8 Å². The molecule has 0 heterocycles. The van der Waals surface area contributed by atoms with Gasteiger partial charge < -0.3 is 18.9 Å². The van der Waals surface area contributed by atoms with Crippen LogP contribution in [0.25, 0.3) is 22.3 Å². The lowest BCUT2D eigenvalue weighted by atomic mass is 9.97. The Morgan fingerprint density at radius 1 is 0.696 bits per heavy atom. The molecule has 0 spiro atoms. The molecule has 0 unspecified atom stereocenters. The number of aryl methyl sites for hydroxylation is 1.